The molecule has 0 unspecified atom stereocenters. The predicted octanol–water partition coefficient (Wildman–Crippen LogP) is 0.301. The number of carbonyl (C=O) groups is 1. The molecule has 6 N–H and O–H groups in total. The molecule has 1 aromatic carbocycles. The molecule has 0 spiro atoms. The van der Waals surface area contributed by atoms with Gasteiger partial charge >= 0.3 is 0 Å². The van der Waals surface area contributed by atoms with E-state index in [9.17, 15) is 4.79 Å². The van der Waals surface area contributed by atoms with Crippen LogP contribution in [0.2, 0.25) is 0 Å². The second-order valence-electron chi connectivity index (χ2n) is 4.45. The van der Waals surface area contributed by atoms with Crippen molar-refractivity contribution in [3.63, 3.8) is 0 Å². The maximum Gasteiger partial charge on any atom is 0.251 e. The van der Waals surface area contributed by atoms with Gasteiger partial charge in [-0.15, -0.1) is 0 Å². The first-order chi connectivity index (χ1) is 9.58. The van der Waals surface area contributed by atoms with Gasteiger partial charge in [0.25, 0.3) is 5.91 Å². The van der Waals surface area contributed by atoms with Gasteiger partial charge in [-0.2, -0.15) is 0 Å². The van der Waals surface area contributed by atoms with Crippen molar-refractivity contribution in [2.45, 2.75) is 6.54 Å². The minimum absolute atomic E-state index is 0.100. The normalized spacial score (nSPS) is 12.9. The van der Waals surface area contributed by atoms with Gasteiger partial charge in [0.05, 0.1) is 11.3 Å². The molecule has 7 nitrogen and oxygen atoms in total. The molecule has 2 heterocycles. The summed E-state index contributed by atoms with van der Waals surface area (Å²) in [5.74, 6) is 0.153. The third-order valence-corrected chi connectivity index (χ3v) is 3.24. The van der Waals surface area contributed by atoms with Gasteiger partial charge in [-0.3, -0.25) is 10.2 Å². The molecule has 0 aliphatic carbocycles. The maximum atomic E-state index is 11.7. The number of nitrogen functional groups attached to an aromatic ring is 2. The summed E-state index contributed by atoms with van der Waals surface area (Å²) in [5.41, 5.74) is 13.9. The van der Waals surface area contributed by atoms with Gasteiger partial charge in [0.1, 0.15) is 18.0 Å². The summed E-state index contributed by atoms with van der Waals surface area (Å²) in [6.45, 7) is 0.514. The van der Waals surface area contributed by atoms with E-state index in [1.54, 1.807) is 12.1 Å². The smallest absolute Gasteiger partial charge is 0.251 e. The lowest BCUT2D eigenvalue weighted by Crippen LogP contribution is -2.14. The number of benzene rings is 1. The van der Waals surface area contributed by atoms with Crippen LogP contribution in [0.25, 0.3) is 0 Å². The maximum absolute atomic E-state index is 11.7. The highest BCUT2D eigenvalue weighted by molar-refractivity contribution is 6.16. The van der Waals surface area contributed by atoms with Crippen molar-refractivity contribution in [1.29, 1.82) is 5.41 Å². The van der Waals surface area contributed by atoms with Crippen LogP contribution in [0, 0.1) is 5.41 Å². The molecule has 0 fully saturated rings. The van der Waals surface area contributed by atoms with E-state index in [0.717, 1.165) is 5.56 Å². The van der Waals surface area contributed by atoms with Crippen LogP contribution in [0.4, 0.5) is 11.6 Å². The highest BCUT2D eigenvalue weighted by atomic mass is 16.1. The third-order valence-electron chi connectivity index (χ3n) is 3.24. The molecule has 0 bridgehead atoms. The van der Waals surface area contributed by atoms with Crippen LogP contribution < -0.4 is 16.8 Å². The zero-order chi connectivity index (χ0) is 14.3. The van der Waals surface area contributed by atoms with Crippen LogP contribution in [0.1, 0.15) is 27.0 Å². The van der Waals surface area contributed by atoms with Gasteiger partial charge in [-0.25, -0.2) is 9.97 Å². The molecule has 0 saturated carbocycles. The second kappa shape index (κ2) is 4.30. The van der Waals surface area contributed by atoms with E-state index in [0.29, 0.717) is 17.7 Å². The number of nitrogens with zero attached hydrogens (tertiary/aromatic N) is 2. The van der Waals surface area contributed by atoms with Gasteiger partial charge in [0, 0.05) is 17.7 Å². The van der Waals surface area contributed by atoms with Crippen molar-refractivity contribution in [3.8, 4) is 0 Å². The lowest BCUT2D eigenvalue weighted by atomic mass is 9.99. The average molecular weight is 268 g/mol. The summed E-state index contributed by atoms with van der Waals surface area (Å²) in [4.78, 5) is 19.3. The number of hydrogen-bond acceptors (Lipinski definition) is 6. The molecule has 0 radical (unpaired) electrons. The first-order valence-corrected chi connectivity index (χ1v) is 5.94. The zero-order valence-corrected chi connectivity index (χ0v) is 10.5. The molecular weight excluding hydrogens is 256 g/mol. The van der Waals surface area contributed by atoms with Crippen LogP contribution in [-0.4, -0.2) is 21.6 Å². The third kappa shape index (κ3) is 1.76. The summed E-state index contributed by atoms with van der Waals surface area (Å²) in [7, 11) is 0. The van der Waals surface area contributed by atoms with Crippen LogP contribution in [0.3, 0.4) is 0 Å². The van der Waals surface area contributed by atoms with Crippen molar-refractivity contribution in [1.82, 2.24) is 15.3 Å². The minimum Gasteiger partial charge on any atom is -0.383 e. The van der Waals surface area contributed by atoms with Gasteiger partial charge in [-0.1, -0.05) is 12.1 Å². The summed E-state index contributed by atoms with van der Waals surface area (Å²) in [6.07, 6.45) is 1.25. The number of nitrogens with two attached hydrogens (primary N) is 2. The van der Waals surface area contributed by atoms with E-state index in [4.69, 9.17) is 16.9 Å². The summed E-state index contributed by atoms with van der Waals surface area (Å²) < 4.78 is 0. The Balaban J connectivity index is 2.08. The van der Waals surface area contributed by atoms with Gasteiger partial charge in [-0.05, 0) is 11.6 Å². The van der Waals surface area contributed by atoms with Crippen LogP contribution in [0.5, 0.6) is 0 Å². The lowest BCUT2D eigenvalue weighted by Gasteiger charge is -2.09. The number of carbonyl (C=O) groups excluding carboxylic acids is 1. The predicted molar refractivity (Wildman–Crippen MR) is 74.4 cm³/mol. The Morgan fingerprint density at radius 1 is 1.25 bits per heavy atom. The topological polar surface area (TPSA) is 131 Å². The van der Waals surface area contributed by atoms with Crippen molar-refractivity contribution < 1.29 is 4.79 Å². The molecule has 7 heteroatoms. The Labute approximate surface area is 114 Å². The minimum atomic E-state index is -0.139. The molecule has 0 saturated heterocycles. The molecule has 1 amide bonds. The zero-order valence-electron chi connectivity index (χ0n) is 10.5. The summed E-state index contributed by atoms with van der Waals surface area (Å²) >= 11 is 0. The Bertz CT molecular complexity index is 719. The molecule has 1 aromatic heterocycles. The molecule has 0 atom stereocenters. The van der Waals surface area contributed by atoms with Gasteiger partial charge < -0.3 is 16.8 Å². The Morgan fingerprint density at radius 3 is 2.65 bits per heavy atom. The summed E-state index contributed by atoms with van der Waals surface area (Å²) in [6, 6.07) is 5.23. The van der Waals surface area contributed by atoms with E-state index in [2.05, 4.69) is 15.3 Å². The van der Waals surface area contributed by atoms with E-state index in [1.165, 1.54) is 6.33 Å². The molecule has 3 rings (SSSR count). The molecule has 2 aromatic rings. The van der Waals surface area contributed by atoms with Crippen molar-refractivity contribution in [3.05, 3.63) is 46.8 Å². The number of hydrogen-bond donors (Lipinski definition) is 4. The standard InChI is InChI=1S/C13H12N6O/c14-10(9-11(15)18-5-19-12(9)16)6-1-2-7-4-17-13(20)8(7)3-6/h1-3,5,14H,4H2,(H,17,20)(H4,15,16,18,19). The number of aromatic nitrogens is 2. The highest BCUT2D eigenvalue weighted by Crippen LogP contribution is 2.22. The fraction of sp³-hybridized carbons (Fsp3) is 0.0769. The first-order valence-electron chi connectivity index (χ1n) is 5.94. The molecule has 1 aliphatic heterocycles. The molecule has 1 aliphatic rings. The van der Waals surface area contributed by atoms with Crippen LogP contribution in [0.15, 0.2) is 24.5 Å². The van der Waals surface area contributed by atoms with E-state index >= 15 is 0 Å². The lowest BCUT2D eigenvalue weighted by molar-refractivity contribution is 0.0966. The largest absolute Gasteiger partial charge is 0.383 e. The Hall–Kier alpha value is -2.96. The fourth-order valence-corrected chi connectivity index (χ4v) is 2.18. The van der Waals surface area contributed by atoms with Crippen molar-refractivity contribution >= 4 is 23.3 Å². The van der Waals surface area contributed by atoms with Gasteiger partial charge in [0.15, 0.2) is 0 Å². The number of nitrogens with one attached hydrogen (secondary N) is 2. The number of anilines is 2. The quantitative estimate of drug-likeness (QED) is 0.582. The fourth-order valence-electron chi connectivity index (χ4n) is 2.18. The van der Waals surface area contributed by atoms with Gasteiger partial charge in [0.2, 0.25) is 0 Å². The Kier molecular flexibility index (Phi) is 2.60. The molecule has 20 heavy (non-hydrogen) atoms. The van der Waals surface area contributed by atoms with Crippen molar-refractivity contribution in [2.75, 3.05) is 11.5 Å². The SMILES string of the molecule is N=C(c1ccc2c(c1)C(=O)NC2)c1c(N)ncnc1N. The Morgan fingerprint density at radius 2 is 1.95 bits per heavy atom. The van der Waals surface area contributed by atoms with E-state index < -0.39 is 0 Å². The van der Waals surface area contributed by atoms with E-state index in [-0.39, 0.29) is 28.8 Å². The second-order valence-corrected chi connectivity index (χ2v) is 4.45. The average Bonchev–Trinajstić information content (AvgIpc) is 2.79. The van der Waals surface area contributed by atoms with Crippen LogP contribution in [-0.2, 0) is 6.54 Å². The van der Waals surface area contributed by atoms with Crippen molar-refractivity contribution in [2.24, 2.45) is 0 Å². The molecule has 100 valence electrons. The highest BCUT2D eigenvalue weighted by Gasteiger charge is 2.21. The number of fused-ring (bicyclic) bond motifs is 1. The monoisotopic (exact) mass is 268 g/mol. The number of amides is 1. The molecular formula is C13H12N6O. The summed E-state index contributed by atoms with van der Waals surface area (Å²) in [5, 5.41) is 10.9. The first kappa shape index (κ1) is 12.1. The van der Waals surface area contributed by atoms with E-state index in [1.807, 2.05) is 6.07 Å². The number of rotatable bonds is 2. The van der Waals surface area contributed by atoms with Crippen LogP contribution >= 0.6 is 0 Å².